The van der Waals surface area contributed by atoms with Crippen LogP contribution in [0.2, 0.25) is 5.02 Å². The zero-order valence-electron chi connectivity index (χ0n) is 16.1. The van der Waals surface area contributed by atoms with Crippen molar-refractivity contribution in [2.45, 2.75) is 13.1 Å². The molecule has 148 valence electrons. The van der Waals surface area contributed by atoms with Gasteiger partial charge in [0.1, 0.15) is 0 Å². The van der Waals surface area contributed by atoms with Crippen LogP contribution >= 0.6 is 11.6 Å². The molecular formula is C21H20ClN5O2. The van der Waals surface area contributed by atoms with Gasteiger partial charge in [-0.2, -0.15) is 4.98 Å². The van der Waals surface area contributed by atoms with Crippen LogP contribution < -0.4 is 16.6 Å². The average molecular weight is 410 g/mol. The Hall–Kier alpha value is -3.32. The lowest BCUT2D eigenvalue weighted by Gasteiger charge is -2.12. The standard InChI is InChI=1S/C21H20ClN5O2/c1-25-18-17(19(28)26(2)21(25)29)27(13-15-10-6-7-11-16(15)22)20(24-18)23-12-14-8-4-3-5-9-14/h3-11H,12-13H2,1-2H3,(H,23,24). The highest BCUT2D eigenvalue weighted by Gasteiger charge is 2.19. The van der Waals surface area contributed by atoms with Gasteiger partial charge in [0.2, 0.25) is 5.95 Å². The molecule has 0 spiro atoms. The van der Waals surface area contributed by atoms with Gasteiger partial charge in [0, 0.05) is 25.7 Å². The quantitative estimate of drug-likeness (QED) is 0.550. The first-order chi connectivity index (χ1) is 14.0. The number of aryl methyl sites for hydroxylation is 1. The summed E-state index contributed by atoms with van der Waals surface area (Å²) in [5.41, 5.74) is 1.80. The summed E-state index contributed by atoms with van der Waals surface area (Å²) >= 11 is 6.35. The van der Waals surface area contributed by atoms with Crippen molar-refractivity contribution in [1.29, 1.82) is 0 Å². The number of benzene rings is 2. The maximum atomic E-state index is 12.9. The van der Waals surface area contributed by atoms with Crippen molar-refractivity contribution in [3.05, 3.63) is 91.6 Å². The minimum absolute atomic E-state index is 0.334. The van der Waals surface area contributed by atoms with Gasteiger partial charge in [0.15, 0.2) is 11.2 Å². The number of anilines is 1. The monoisotopic (exact) mass is 409 g/mol. The molecule has 0 aliphatic rings. The molecule has 0 aliphatic heterocycles. The summed E-state index contributed by atoms with van der Waals surface area (Å²) in [7, 11) is 3.08. The molecular weight excluding hydrogens is 390 g/mol. The fraction of sp³-hybridized carbons (Fsp3) is 0.190. The molecule has 1 N–H and O–H groups in total. The van der Waals surface area contributed by atoms with Crippen molar-refractivity contribution in [3.8, 4) is 0 Å². The van der Waals surface area contributed by atoms with Gasteiger partial charge in [-0.05, 0) is 17.2 Å². The van der Waals surface area contributed by atoms with E-state index in [4.69, 9.17) is 11.6 Å². The number of hydrogen-bond acceptors (Lipinski definition) is 4. The van der Waals surface area contributed by atoms with E-state index in [-0.39, 0.29) is 0 Å². The second kappa shape index (κ2) is 7.60. The summed E-state index contributed by atoms with van der Waals surface area (Å²) in [6.45, 7) is 0.877. The van der Waals surface area contributed by atoms with E-state index in [0.717, 1.165) is 15.7 Å². The molecule has 0 saturated carbocycles. The van der Waals surface area contributed by atoms with E-state index in [9.17, 15) is 9.59 Å². The topological polar surface area (TPSA) is 73.8 Å². The minimum atomic E-state index is -0.417. The lowest BCUT2D eigenvalue weighted by Crippen LogP contribution is -2.37. The fourth-order valence-corrected chi connectivity index (χ4v) is 3.50. The van der Waals surface area contributed by atoms with Crippen LogP contribution in [0.3, 0.4) is 0 Å². The molecule has 29 heavy (non-hydrogen) atoms. The first-order valence-corrected chi connectivity index (χ1v) is 9.52. The normalized spacial score (nSPS) is 11.1. The summed E-state index contributed by atoms with van der Waals surface area (Å²) in [5.74, 6) is 0.502. The lowest BCUT2D eigenvalue weighted by molar-refractivity contribution is 0.702. The van der Waals surface area contributed by atoms with Gasteiger partial charge in [0.05, 0.1) is 6.54 Å². The van der Waals surface area contributed by atoms with E-state index < -0.39 is 11.2 Å². The van der Waals surface area contributed by atoms with Gasteiger partial charge in [-0.3, -0.25) is 18.5 Å². The van der Waals surface area contributed by atoms with Gasteiger partial charge >= 0.3 is 5.69 Å². The molecule has 2 aromatic heterocycles. The number of rotatable bonds is 5. The molecule has 0 fully saturated rings. The lowest BCUT2D eigenvalue weighted by atomic mass is 10.2. The number of nitrogens with zero attached hydrogens (tertiary/aromatic N) is 4. The average Bonchev–Trinajstić information content (AvgIpc) is 3.10. The third-order valence-electron chi connectivity index (χ3n) is 4.93. The number of halogens is 1. The fourth-order valence-electron chi connectivity index (χ4n) is 3.31. The Morgan fingerprint density at radius 1 is 0.966 bits per heavy atom. The number of imidazole rings is 1. The summed E-state index contributed by atoms with van der Waals surface area (Å²) in [4.78, 5) is 29.8. The van der Waals surface area contributed by atoms with Crippen molar-refractivity contribution >= 4 is 28.7 Å². The summed E-state index contributed by atoms with van der Waals surface area (Å²) in [6.07, 6.45) is 0. The predicted molar refractivity (Wildman–Crippen MR) is 115 cm³/mol. The zero-order valence-corrected chi connectivity index (χ0v) is 16.8. The Morgan fingerprint density at radius 3 is 2.38 bits per heavy atom. The molecule has 0 atom stereocenters. The van der Waals surface area contributed by atoms with Crippen LogP contribution in [0.25, 0.3) is 11.2 Å². The molecule has 0 amide bonds. The first-order valence-electron chi connectivity index (χ1n) is 9.15. The molecule has 8 heteroatoms. The second-order valence-electron chi connectivity index (χ2n) is 6.83. The molecule has 2 aromatic carbocycles. The van der Waals surface area contributed by atoms with Crippen molar-refractivity contribution in [3.63, 3.8) is 0 Å². The Bertz CT molecular complexity index is 1300. The molecule has 7 nitrogen and oxygen atoms in total. The smallest absolute Gasteiger partial charge is 0.332 e. The first kappa shape index (κ1) is 19.0. The van der Waals surface area contributed by atoms with Crippen LogP contribution in [0.4, 0.5) is 5.95 Å². The van der Waals surface area contributed by atoms with Crippen molar-refractivity contribution in [2.75, 3.05) is 5.32 Å². The van der Waals surface area contributed by atoms with Gasteiger partial charge in [0.25, 0.3) is 5.56 Å². The van der Waals surface area contributed by atoms with Gasteiger partial charge in [-0.15, -0.1) is 0 Å². The van der Waals surface area contributed by atoms with Crippen molar-refractivity contribution in [1.82, 2.24) is 18.7 Å². The summed E-state index contributed by atoms with van der Waals surface area (Å²) in [5, 5.41) is 3.90. The van der Waals surface area contributed by atoms with E-state index in [1.165, 1.54) is 11.6 Å². The Labute approximate surface area is 171 Å². The molecule has 0 saturated heterocycles. The second-order valence-corrected chi connectivity index (χ2v) is 7.24. The Balaban J connectivity index is 1.88. The highest BCUT2D eigenvalue weighted by molar-refractivity contribution is 6.31. The van der Waals surface area contributed by atoms with Gasteiger partial charge in [-0.1, -0.05) is 60.1 Å². The van der Waals surface area contributed by atoms with Crippen LogP contribution in [0.1, 0.15) is 11.1 Å². The highest BCUT2D eigenvalue weighted by atomic mass is 35.5. The van der Waals surface area contributed by atoms with E-state index >= 15 is 0 Å². The maximum Gasteiger partial charge on any atom is 0.332 e. The van der Waals surface area contributed by atoms with Crippen LogP contribution in [-0.4, -0.2) is 18.7 Å². The predicted octanol–water partition coefficient (Wildman–Crippen LogP) is 2.75. The number of hydrogen-bond donors (Lipinski definition) is 1. The minimum Gasteiger partial charge on any atom is -0.351 e. The summed E-state index contributed by atoms with van der Waals surface area (Å²) in [6, 6.07) is 17.3. The summed E-state index contributed by atoms with van der Waals surface area (Å²) < 4.78 is 4.25. The largest absolute Gasteiger partial charge is 0.351 e. The highest BCUT2D eigenvalue weighted by Crippen LogP contribution is 2.22. The Kier molecular flexibility index (Phi) is 4.98. The van der Waals surface area contributed by atoms with Gasteiger partial charge < -0.3 is 5.32 Å². The Morgan fingerprint density at radius 2 is 1.66 bits per heavy atom. The molecule has 2 heterocycles. The molecule has 0 aliphatic carbocycles. The van der Waals surface area contributed by atoms with E-state index in [1.54, 1.807) is 17.7 Å². The molecule has 0 unspecified atom stereocenters. The zero-order chi connectivity index (χ0) is 20.5. The van der Waals surface area contributed by atoms with Crippen molar-refractivity contribution < 1.29 is 0 Å². The van der Waals surface area contributed by atoms with Crippen LogP contribution in [0.15, 0.2) is 64.2 Å². The number of aromatic nitrogens is 4. The number of nitrogens with one attached hydrogen (secondary N) is 1. The number of fused-ring (bicyclic) bond motifs is 1. The van der Waals surface area contributed by atoms with Gasteiger partial charge in [-0.25, -0.2) is 4.79 Å². The third-order valence-corrected chi connectivity index (χ3v) is 5.30. The maximum absolute atomic E-state index is 12.9. The van der Waals surface area contributed by atoms with Crippen molar-refractivity contribution in [2.24, 2.45) is 14.1 Å². The van der Waals surface area contributed by atoms with Crippen LogP contribution in [0.5, 0.6) is 0 Å². The van der Waals surface area contributed by atoms with E-state index in [1.807, 2.05) is 48.5 Å². The molecule has 0 bridgehead atoms. The molecule has 4 aromatic rings. The SMILES string of the molecule is Cn1c(=O)c2c(nc(NCc3ccccc3)n2Cc2ccccc2Cl)n(C)c1=O. The van der Waals surface area contributed by atoms with Crippen LogP contribution in [-0.2, 0) is 27.2 Å². The molecule has 0 radical (unpaired) electrons. The van der Waals surface area contributed by atoms with Crippen LogP contribution in [0, 0.1) is 0 Å². The molecule has 4 rings (SSSR count). The third kappa shape index (κ3) is 3.45. The van der Waals surface area contributed by atoms with E-state index in [0.29, 0.717) is 35.2 Å². The van der Waals surface area contributed by atoms with E-state index in [2.05, 4.69) is 10.3 Å².